The number of carbonyl (C=O) groups excluding carboxylic acids is 1. The van der Waals surface area contributed by atoms with Crippen LogP contribution in [0.2, 0.25) is 0 Å². The number of nitrogens with zero attached hydrogens (tertiary/aromatic N) is 3. The molecular formula is C8H7N3OS. The zero-order valence-electron chi connectivity index (χ0n) is 6.97. The van der Waals surface area contributed by atoms with Crippen LogP contribution in [0.1, 0.15) is 0 Å². The van der Waals surface area contributed by atoms with Gasteiger partial charge in [0.05, 0.1) is 5.70 Å². The first-order valence-corrected chi connectivity index (χ1v) is 4.98. The summed E-state index contributed by atoms with van der Waals surface area (Å²) in [4.78, 5) is 23.1. The van der Waals surface area contributed by atoms with Gasteiger partial charge in [0, 0.05) is 12.4 Å². The molecular weight excluding hydrogens is 186 g/mol. The van der Waals surface area contributed by atoms with Crippen molar-refractivity contribution < 1.29 is 4.79 Å². The zero-order chi connectivity index (χ0) is 9.26. The second-order valence-corrected chi connectivity index (χ2v) is 3.34. The van der Waals surface area contributed by atoms with Crippen molar-refractivity contribution in [3.05, 3.63) is 11.8 Å². The molecule has 0 saturated carbocycles. The number of amides is 1. The molecule has 0 fully saturated rings. The van der Waals surface area contributed by atoms with Crippen LogP contribution in [0, 0.1) is 5.92 Å². The van der Waals surface area contributed by atoms with E-state index < -0.39 is 0 Å². The molecule has 66 valence electrons. The third-order valence-electron chi connectivity index (χ3n) is 1.77. The van der Waals surface area contributed by atoms with E-state index in [0.717, 1.165) is 5.70 Å². The molecule has 5 heteroatoms. The second-order valence-electron chi connectivity index (χ2n) is 2.56. The highest BCUT2D eigenvalue weighted by molar-refractivity contribution is 8.13. The Morgan fingerprint density at radius 2 is 2.31 bits per heavy atom. The van der Waals surface area contributed by atoms with Crippen LogP contribution in [0.3, 0.4) is 0 Å². The maximum Gasteiger partial charge on any atom is 0.260 e. The molecule has 2 heterocycles. The van der Waals surface area contributed by atoms with Gasteiger partial charge in [0.25, 0.3) is 5.91 Å². The Bertz CT molecular complexity index is 368. The molecule has 0 N–H and O–H groups in total. The molecule has 1 amide bonds. The van der Waals surface area contributed by atoms with E-state index in [1.165, 1.54) is 18.0 Å². The van der Waals surface area contributed by atoms with E-state index in [1.54, 1.807) is 12.3 Å². The zero-order valence-corrected chi connectivity index (χ0v) is 7.78. The molecule has 13 heavy (non-hydrogen) atoms. The molecule has 2 aliphatic rings. The molecule has 0 aliphatic carbocycles. The lowest BCUT2D eigenvalue weighted by Gasteiger charge is -2.15. The molecule has 1 atom stereocenters. The molecule has 0 spiro atoms. The van der Waals surface area contributed by atoms with Crippen molar-refractivity contribution in [3.63, 3.8) is 0 Å². The predicted molar refractivity (Wildman–Crippen MR) is 54.5 cm³/mol. The molecule has 0 bridgehead atoms. The summed E-state index contributed by atoms with van der Waals surface area (Å²) < 4.78 is 0. The molecule has 4 nitrogen and oxygen atoms in total. The highest BCUT2D eigenvalue weighted by Crippen LogP contribution is 2.21. The normalized spacial score (nSPS) is 25.3. The Hall–Kier alpha value is -1.23. The van der Waals surface area contributed by atoms with Crippen LogP contribution in [0.5, 0.6) is 0 Å². The largest absolute Gasteiger partial charge is 0.271 e. The lowest BCUT2D eigenvalue weighted by Crippen LogP contribution is -2.22. The van der Waals surface area contributed by atoms with Gasteiger partial charge < -0.3 is 0 Å². The van der Waals surface area contributed by atoms with Crippen LogP contribution in [-0.2, 0) is 4.79 Å². The molecule has 1 unspecified atom stereocenters. The number of hydrogen-bond acceptors (Lipinski definition) is 4. The van der Waals surface area contributed by atoms with Crippen molar-refractivity contribution >= 4 is 35.3 Å². The van der Waals surface area contributed by atoms with E-state index in [1.807, 2.05) is 6.26 Å². The second kappa shape index (κ2) is 3.26. The minimum atomic E-state index is -0.360. The van der Waals surface area contributed by atoms with Gasteiger partial charge in [-0.1, -0.05) is 11.8 Å². The summed E-state index contributed by atoms with van der Waals surface area (Å²) in [6.07, 6.45) is 6.72. The van der Waals surface area contributed by atoms with Gasteiger partial charge in [-0.3, -0.25) is 4.79 Å². The molecule has 2 rings (SSSR count). The number of dihydropyridines is 1. The Morgan fingerprint density at radius 3 is 3.08 bits per heavy atom. The summed E-state index contributed by atoms with van der Waals surface area (Å²) in [6.45, 7) is 0. The van der Waals surface area contributed by atoms with Crippen LogP contribution in [0.15, 0.2) is 26.8 Å². The maximum absolute atomic E-state index is 11.2. The Labute approximate surface area is 79.6 Å². The molecule has 2 aliphatic heterocycles. The fraction of sp³-hybridized carbons (Fsp3) is 0.250. The van der Waals surface area contributed by atoms with E-state index in [2.05, 4.69) is 15.0 Å². The summed E-state index contributed by atoms with van der Waals surface area (Å²) >= 11 is 1.46. The summed E-state index contributed by atoms with van der Waals surface area (Å²) in [5.74, 6) is -0.550. The number of rotatable bonds is 0. The van der Waals surface area contributed by atoms with E-state index >= 15 is 0 Å². The average molecular weight is 193 g/mol. The van der Waals surface area contributed by atoms with Gasteiger partial charge in [-0.2, -0.15) is 0 Å². The Kier molecular flexibility index (Phi) is 2.10. The first-order valence-electron chi connectivity index (χ1n) is 3.76. The quantitative estimate of drug-likeness (QED) is 0.574. The van der Waals surface area contributed by atoms with Gasteiger partial charge >= 0.3 is 0 Å². The molecule has 0 aromatic heterocycles. The van der Waals surface area contributed by atoms with Crippen molar-refractivity contribution in [3.8, 4) is 0 Å². The topological polar surface area (TPSA) is 54.1 Å². The number of allylic oxidation sites excluding steroid dienone is 1. The van der Waals surface area contributed by atoms with Gasteiger partial charge in [-0.25, -0.2) is 15.0 Å². The standard InChI is InChI=1S/C8H7N3OS/c1-13-8-10-4-5-6(11-8)2-3-9-7(5)12/h2-5H,1H3. The third-order valence-corrected chi connectivity index (χ3v) is 2.33. The number of carbonyl (C=O) groups is 1. The van der Waals surface area contributed by atoms with Gasteiger partial charge in [-0.15, -0.1) is 0 Å². The van der Waals surface area contributed by atoms with Gasteiger partial charge in [0.1, 0.15) is 5.92 Å². The molecule has 0 radical (unpaired) electrons. The van der Waals surface area contributed by atoms with Crippen LogP contribution in [0.4, 0.5) is 0 Å². The molecule has 0 aromatic carbocycles. The number of fused-ring (bicyclic) bond motifs is 1. The molecule has 0 aromatic rings. The number of aliphatic imine (C=N–C) groups is 3. The Balaban J connectivity index is 2.36. The van der Waals surface area contributed by atoms with Crippen molar-refractivity contribution in [1.82, 2.24) is 0 Å². The monoisotopic (exact) mass is 193 g/mol. The van der Waals surface area contributed by atoms with E-state index in [0.29, 0.717) is 5.17 Å². The predicted octanol–water partition coefficient (Wildman–Crippen LogP) is 0.901. The van der Waals surface area contributed by atoms with Crippen molar-refractivity contribution in [2.75, 3.05) is 6.26 Å². The SMILES string of the molecule is CSC1=NC2=CC=NC(=O)C2C=N1. The average Bonchev–Trinajstić information content (AvgIpc) is 2.18. The minimum absolute atomic E-state index is 0.190. The van der Waals surface area contributed by atoms with E-state index in [9.17, 15) is 4.79 Å². The summed E-state index contributed by atoms with van der Waals surface area (Å²) in [5.41, 5.74) is 0.736. The van der Waals surface area contributed by atoms with Crippen LogP contribution in [0.25, 0.3) is 0 Å². The Morgan fingerprint density at radius 1 is 1.46 bits per heavy atom. The van der Waals surface area contributed by atoms with Crippen molar-refractivity contribution in [1.29, 1.82) is 0 Å². The highest BCUT2D eigenvalue weighted by Gasteiger charge is 2.25. The molecule has 0 saturated heterocycles. The fourth-order valence-corrected chi connectivity index (χ4v) is 1.48. The van der Waals surface area contributed by atoms with Crippen molar-refractivity contribution in [2.45, 2.75) is 0 Å². The van der Waals surface area contributed by atoms with Gasteiger partial charge in [-0.05, 0) is 12.3 Å². The van der Waals surface area contributed by atoms with Crippen molar-refractivity contribution in [2.24, 2.45) is 20.9 Å². The van der Waals surface area contributed by atoms with Gasteiger partial charge in [0.2, 0.25) is 0 Å². The lowest BCUT2D eigenvalue weighted by atomic mass is 10.0. The lowest BCUT2D eigenvalue weighted by molar-refractivity contribution is -0.118. The minimum Gasteiger partial charge on any atom is -0.271 e. The summed E-state index contributed by atoms with van der Waals surface area (Å²) in [6, 6.07) is 0. The van der Waals surface area contributed by atoms with E-state index in [4.69, 9.17) is 0 Å². The third kappa shape index (κ3) is 1.47. The summed E-state index contributed by atoms with van der Waals surface area (Å²) in [7, 11) is 0. The van der Waals surface area contributed by atoms with Crippen LogP contribution < -0.4 is 0 Å². The number of hydrogen-bond donors (Lipinski definition) is 0. The first kappa shape index (κ1) is 8.37. The number of amidine groups is 1. The van der Waals surface area contributed by atoms with Crippen LogP contribution >= 0.6 is 11.8 Å². The summed E-state index contributed by atoms with van der Waals surface area (Å²) in [5, 5.41) is 0.686. The van der Waals surface area contributed by atoms with Crippen LogP contribution in [-0.4, -0.2) is 29.8 Å². The highest BCUT2D eigenvalue weighted by atomic mass is 32.2. The number of thioether (sulfide) groups is 1. The van der Waals surface area contributed by atoms with Gasteiger partial charge in [0.15, 0.2) is 5.17 Å². The smallest absolute Gasteiger partial charge is 0.260 e. The fourth-order valence-electron chi connectivity index (χ4n) is 1.12. The first-order chi connectivity index (χ1) is 6.31. The van der Waals surface area contributed by atoms with E-state index in [-0.39, 0.29) is 11.8 Å². The maximum atomic E-state index is 11.2.